The predicted octanol–water partition coefficient (Wildman–Crippen LogP) is 3.03. The van der Waals surface area contributed by atoms with Gasteiger partial charge in [0.25, 0.3) is 0 Å². The van der Waals surface area contributed by atoms with E-state index in [4.69, 9.17) is 0 Å². The average Bonchev–Trinajstić information content (AvgIpc) is 2.95. The predicted molar refractivity (Wildman–Crippen MR) is 105 cm³/mol. The molecule has 3 heterocycles. The lowest BCUT2D eigenvalue weighted by Gasteiger charge is -2.19. The van der Waals surface area contributed by atoms with E-state index in [-0.39, 0.29) is 0 Å². The van der Waals surface area contributed by atoms with Gasteiger partial charge in [0.1, 0.15) is 5.82 Å². The SMILES string of the molecule is Cn1ccc(Nc2cc3c(cn2)CN(CCc2ccccc2)CCN3)n1. The minimum Gasteiger partial charge on any atom is -0.383 e. The van der Waals surface area contributed by atoms with Crippen LogP contribution >= 0.6 is 0 Å². The van der Waals surface area contributed by atoms with Gasteiger partial charge in [-0.1, -0.05) is 30.3 Å². The van der Waals surface area contributed by atoms with Gasteiger partial charge >= 0.3 is 0 Å². The fraction of sp³-hybridized carbons (Fsp3) is 0.300. The van der Waals surface area contributed by atoms with Crippen LogP contribution in [0.25, 0.3) is 0 Å². The summed E-state index contributed by atoms with van der Waals surface area (Å²) in [4.78, 5) is 7.05. The van der Waals surface area contributed by atoms with Gasteiger partial charge in [0.15, 0.2) is 5.82 Å². The molecule has 0 bridgehead atoms. The number of fused-ring (bicyclic) bond motifs is 1. The lowest BCUT2D eigenvalue weighted by atomic mass is 10.1. The quantitative estimate of drug-likeness (QED) is 0.742. The number of anilines is 3. The van der Waals surface area contributed by atoms with Crippen LogP contribution in [0.1, 0.15) is 11.1 Å². The van der Waals surface area contributed by atoms with Gasteiger partial charge in [0.05, 0.1) is 0 Å². The first-order valence-corrected chi connectivity index (χ1v) is 9.02. The van der Waals surface area contributed by atoms with Gasteiger partial charge in [-0.2, -0.15) is 5.10 Å². The zero-order chi connectivity index (χ0) is 17.8. The minimum atomic E-state index is 0.804. The number of hydrogen-bond acceptors (Lipinski definition) is 5. The topological polar surface area (TPSA) is 58.0 Å². The Morgan fingerprint density at radius 1 is 1.15 bits per heavy atom. The molecule has 1 aliphatic heterocycles. The monoisotopic (exact) mass is 348 g/mol. The molecule has 26 heavy (non-hydrogen) atoms. The standard InChI is InChI=1S/C20H24N6/c1-25-10-8-19(24-25)23-20-13-18-17(14-22-20)15-26(12-9-21-18)11-7-16-5-3-2-4-6-16/h2-6,8,10,13-14,21H,7,9,11-12,15H2,1H3,(H,22,23,24). The van der Waals surface area contributed by atoms with Crippen LogP contribution < -0.4 is 10.6 Å². The third kappa shape index (κ3) is 4.03. The minimum absolute atomic E-state index is 0.804. The van der Waals surface area contributed by atoms with E-state index in [1.54, 1.807) is 4.68 Å². The van der Waals surface area contributed by atoms with Gasteiger partial charge in [-0.25, -0.2) is 4.98 Å². The van der Waals surface area contributed by atoms with Crippen molar-refractivity contribution < 1.29 is 0 Å². The van der Waals surface area contributed by atoms with Crippen LogP contribution in [0.3, 0.4) is 0 Å². The van der Waals surface area contributed by atoms with Gasteiger partial charge in [-0.15, -0.1) is 0 Å². The molecule has 6 heteroatoms. The number of hydrogen-bond donors (Lipinski definition) is 2. The van der Waals surface area contributed by atoms with Crippen LogP contribution in [0.5, 0.6) is 0 Å². The number of nitrogens with one attached hydrogen (secondary N) is 2. The van der Waals surface area contributed by atoms with Crippen molar-refractivity contribution in [2.75, 3.05) is 30.3 Å². The zero-order valence-electron chi connectivity index (χ0n) is 15.0. The third-order valence-corrected chi connectivity index (χ3v) is 4.65. The zero-order valence-corrected chi connectivity index (χ0v) is 15.0. The smallest absolute Gasteiger partial charge is 0.153 e. The van der Waals surface area contributed by atoms with Crippen LogP contribution in [0.4, 0.5) is 17.3 Å². The van der Waals surface area contributed by atoms with E-state index in [0.717, 1.165) is 49.9 Å². The molecule has 0 amide bonds. The number of aryl methyl sites for hydroxylation is 1. The highest BCUT2D eigenvalue weighted by Gasteiger charge is 2.15. The van der Waals surface area contributed by atoms with Crippen molar-refractivity contribution in [3.63, 3.8) is 0 Å². The van der Waals surface area contributed by atoms with Crippen molar-refractivity contribution in [2.24, 2.45) is 7.05 Å². The third-order valence-electron chi connectivity index (χ3n) is 4.65. The average molecular weight is 348 g/mol. The molecular weight excluding hydrogens is 324 g/mol. The second kappa shape index (κ2) is 7.58. The Kier molecular flexibility index (Phi) is 4.84. The van der Waals surface area contributed by atoms with E-state index in [2.05, 4.69) is 62.0 Å². The summed E-state index contributed by atoms with van der Waals surface area (Å²) in [5.74, 6) is 1.62. The largest absolute Gasteiger partial charge is 0.383 e. The first kappa shape index (κ1) is 16.6. The molecule has 1 aromatic carbocycles. The van der Waals surface area contributed by atoms with Crippen molar-refractivity contribution in [1.82, 2.24) is 19.7 Å². The lowest BCUT2D eigenvalue weighted by Crippen LogP contribution is -2.28. The van der Waals surface area contributed by atoms with Gasteiger partial charge in [0, 0.05) is 69.0 Å². The number of rotatable bonds is 5. The fourth-order valence-corrected chi connectivity index (χ4v) is 3.25. The van der Waals surface area contributed by atoms with E-state index < -0.39 is 0 Å². The van der Waals surface area contributed by atoms with Crippen LogP contribution in [-0.4, -0.2) is 39.3 Å². The molecule has 0 fully saturated rings. The molecule has 6 nitrogen and oxygen atoms in total. The van der Waals surface area contributed by atoms with Crippen molar-refractivity contribution in [3.05, 3.63) is 66.0 Å². The maximum atomic E-state index is 4.56. The van der Waals surface area contributed by atoms with E-state index in [1.807, 2.05) is 25.5 Å². The Morgan fingerprint density at radius 2 is 2.04 bits per heavy atom. The molecule has 0 unspecified atom stereocenters. The Labute approximate surface area is 153 Å². The molecule has 0 spiro atoms. The van der Waals surface area contributed by atoms with E-state index >= 15 is 0 Å². The molecular formula is C20H24N6. The second-order valence-corrected chi connectivity index (χ2v) is 6.66. The molecule has 0 saturated carbocycles. The number of pyridine rings is 1. The molecule has 3 aromatic rings. The van der Waals surface area contributed by atoms with Crippen molar-refractivity contribution in [2.45, 2.75) is 13.0 Å². The summed E-state index contributed by atoms with van der Waals surface area (Å²) < 4.78 is 1.77. The summed E-state index contributed by atoms with van der Waals surface area (Å²) in [5, 5.41) is 11.1. The maximum absolute atomic E-state index is 4.56. The van der Waals surface area contributed by atoms with Crippen LogP contribution in [0.2, 0.25) is 0 Å². The molecule has 2 aromatic heterocycles. The van der Waals surface area contributed by atoms with Gasteiger partial charge < -0.3 is 10.6 Å². The molecule has 134 valence electrons. The number of benzene rings is 1. The van der Waals surface area contributed by atoms with E-state index in [1.165, 1.54) is 11.1 Å². The van der Waals surface area contributed by atoms with Crippen molar-refractivity contribution in [1.29, 1.82) is 0 Å². The molecule has 0 aliphatic carbocycles. The lowest BCUT2D eigenvalue weighted by molar-refractivity contribution is 0.284. The van der Waals surface area contributed by atoms with Crippen molar-refractivity contribution in [3.8, 4) is 0 Å². The Hall–Kier alpha value is -2.86. The van der Waals surface area contributed by atoms with Gasteiger partial charge in [0.2, 0.25) is 0 Å². The van der Waals surface area contributed by atoms with E-state index in [0.29, 0.717) is 0 Å². The highest BCUT2D eigenvalue weighted by molar-refractivity contribution is 5.61. The highest BCUT2D eigenvalue weighted by atomic mass is 15.3. The summed E-state index contributed by atoms with van der Waals surface area (Å²) in [7, 11) is 1.90. The highest BCUT2D eigenvalue weighted by Crippen LogP contribution is 2.24. The Morgan fingerprint density at radius 3 is 2.85 bits per heavy atom. The molecule has 0 saturated heterocycles. The summed E-state index contributed by atoms with van der Waals surface area (Å²) in [6, 6.07) is 14.7. The first-order chi connectivity index (χ1) is 12.8. The summed E-state index contributed by atoms with van der Waals surface area (Å²) in [5.41, 5.74) is 3.78. The molecule has 0 radical (unpaired) electrons. The number of nitrogens with zero attached hydrogens (tertiary/aromatic N) is 4. The molecule has 2 N–H and O–H groups in total. The summed E-state index contributed by atoms with van der Waals surface area (Å²) in [6.45, 7) is 3.95. The van der Waals surface area contributed by atoms with Crippen molar-refractivity contribution >= 4 is 17.3 Å². The second-order valence-electron chi connectivity index (χ2n) is 6.66. The summed E-state index contributed by atoms with van der Waals surface area (Å²) >= 11 is 0. The number of aromatic nitrogens is 3. The summed E-state index contributed by atoms with van der Waals surface area (Å²) in [6.07, 6.45) is 4.95. The van der Waals surface area contributed by atoms with Gasteiger partial charge in [-0.05, 0) is 12.0 Å². The molecule has 4 rings (SSSR count). The van der Waals surface area contributed by atoms with E-state index in [9.17, 15) is 0 Å². The van der Waals surface area contributed by atoms with Crippen LogP contribution in [0, 0.1) is 0 Å². The Bertz CT molecular complexity index is 858. The first-order valence-electron chi connectivity index (χ1n) is 9.02. The molecule has 1 aliphatic rings. The van der Waals surface area contributed by atoms with Gasteiger partial charge in [-0.3, -0.25) is 9.58 Å². The maximum Gasteiger partial charge on any atom is 0.153 e. The van der Waals surface area contributed by atoms with Crippen LogP contribution in [-0.2, 0) is 20.0 Å². The van der Waals surface area contributed by atoms with Crippen LogP contribution in [0.15, 0.2) is 54.9 Å². The molecule has 0 atom stereocenters. The normalized spacial score (nSPS) is 14.3. The fourth-order valence-electron chi connectivity index (χ4n) is 3.25. The Balaban J connectivity index is 1.42.